The molecule has 4 N–H and O–H groups in total. The van der Waals surface area contributed by atoms with E-state index in [9.17, 15) is 27.9 Å². The first-order chi connectivity index (χ1) is 13.3. The van der Waals surface area contributed by atoms with E-state index in [1.807, 2.05) is 0 Å². The number of ether oxygens (including phenoxy) is 1. The minimum Gasteiger partial charge on any atom is -0.506 e. The van der Waals surface area contributed by atoms with E-state index in [0.717, 1.165) is 6.07 Å². The van der Waals surface area contributed by atoms with Crippen LogP contribution in [0, 0.1) is 5.92 Å². The first kappa shape index (κ1) is 22.6. The molecule has 7 nitrogen and oxygen atoms in total. The van der Waals surface area contributed by atoms with Crippen LogP contribution in [-0.2, 0) is 10.9 Å². The van der Waals surface area contributed by atoms with Gasteiger partial charge in [0.05, 0.1) is 16.8 Å². The van der Waals surface area contributed by atoms with E-state index >= 15 is 0 Å². The van der Waals surface area contributed by atoms with Gasteiger partial charge in [-0.1, -0.05) is 0 Å². The van der Waals surface area contributed by atoms with Crippen molar-refractivity contribution in [2.24, 2.45) is 5.92 Å². The van der Waals surface area contributed by atoms with Crippen LogP contribution in [0.2, 0.25) is 0 Å². The van der Waals surface area contributed by atoms with E-state index in [4.69, 9.17) is 10.5 Å². The summed E-state index contributed by atoms with van der Waals surface area (Å²) in [6.45, 7) is 6.22. The number of hydrogen-bond donors (Lipinski definition) is 3. The number of phenols is 1. The highest BCUT2D eigenvalue weighted by Gasteiger charge is 2.36. The molecule has 29 heavy (non-hydrogen) atoms. The van der Waals surface area contributed by atoms with E-state index < -0.39 is 40.7 Å². The average molecular weight is 417 g/mol. The third kappa shape index (κ3) is 6.16. The summed E-state index contributed by atoms with van der Waals surface area (Å²) in [7, 11) is 0. The lowest BCUT2D eigenvalue weighted by molar-refractivity contribution is -0.138. The molecule has 0 radical (unpaired) electrons. The minimum absolute atomic E-state index is 0.0935. The van der Waals surface area contributed by atoms with Crippen LogP contribution >= 0.6 is 0 Å². The van der Waals surface area contributed by atoms with E-state index in [1.54, 1.807) is 20.8 Å². The Morgan fingerprint density at radius 1 is 1.31 bits per heavy atom. The Morgan fingerprint density at radius 2 is 1.97 bits per heavy atom. The minimum atomic E-state index is -4.82. The second-order valence-corrected chi connectivity index (χ2v) is 8.10. The van der Waals surface area contributed by atoms with Gasteiger partial charge in [-0.3, -0.25) is 4.79 Å². The molecule has 1 saturated heterocycles. The molecule has 0 spiro atoms. The second-order valence-electron chi connectivity index (χ2n) is 8.10. The summed E-state index contributed by atoms with van der Waals surface area (Å²) in [5.74, 6) is -1.81. The molecule has 2 rings (SSSR count). The number of aromatic hydroxyl groups is 1. The van der Waals surface area contributed by atoms with Crippen LogP contribution in [0.1, 0.15) is 49.5 Å². The lowest BCUT2D eigenvalue weighted by Gasteiger charge is -2.34. The number of hydrogen-bond acceptors (Lipinski definition) is 5. The SMILES string of the molecule is CC(C)(C)OC(=O)N1CCC[C@@H](CNC(=O)c2cc(N)c(O)cc2C(F)(F)F)C1. The zero-order chi connectivity index (χ0) is 22.0. The van der Waals surface area contributed by atoms with Crippen molar-refractivity contribution in [3.63, 3.8) is 0 Å². The first-order valence-electron chi connectivity index (χ1n) is 9.23. The summed E-state index contributed by atoms with van der Waals surface area (Å²) >= 11 is 0. The van der Waals surface area contributed by atoms with Crippen molar-refractivity contribution in [1.82, 2.24) is 10.2 Å². The Bertz CT molecular complexity index is 775. The van der Waals surface area contributed by atoms with Gasteiger partial charge in [0.25, 0.3) is 5.91 Å². The molecule has 1 aromatic carbocycles. The molecular weight excluding hydrogens is 391 g/mol. The molecule has 1 aliphatic rings. The van der Waals surface area contributed by atoms with Crippen LogP contribution in [0.15, 0.2) is 12.1 Å². The van der Waals surface area contributed by atoms with Gasteiger partial charge in [0, 0.05) is 19.6 Å². The molecule has 0 aliphatic carbocycles. The number of rotatable bonds is 3. The van der Waals surface area contributed by atoms with E-state index in [0.29, 0.717) is 32.0 Å². The van der Waals surface area contributed by atoms with Gasteiger partial charge in [0.2, 0.25) is 0 Å². The van der Waals surface area contributed by atoms with Gasteiger partial charge < -0.3 is 25.8 Å². The van der Waals surface area contributed by atoms with Gasteiger partial charge in [0.15, 0.2) is 0 Å². The molecule has 0 unspecified atom stereocenters. The maximum atomic E-state index is 13.2. The lowest BCUT2D eigenvalue weighted by Crippen LogP contribution is -2.45. The summed E-state index contributed by atoms with van der Waals surface area (Å²) in [6.07, 6.45) is -3.88. The molecule has 162 valence electrons. The number of carbonyl (C=O) groups excluding carboxylic acids is 2. The molecule has 1 atom stereocenters. The van der Waals surface area contributed by atoms with Crippen molar-refractivity contribution in [1.29, 1.82) is 0 Å². The summed E-state index contributed by atoms with van der Waals surface area (Å²) < 4.78 is 44.9. The Hall–Kier alpha value is -2.65. The number of halogens is 3. The third-order valence-corrected chi connectivity index (χ3v) is 4.44. The molecule has 10 heteroatoms. The fourth-order valence-corrected chi connectivity index (χ4v) is 3.08. The van der Waals surface area contributed by atoms with Crippen LogP contribution < -0.4 is 11.1 Å². The van der Waals surface area contributed by atoms with Crippen LogP contribution in [0.25, 0.3) is 0 Å². The Morgan fingerprint density at radius 3 is 2.55 bits per heavy atom. The Labute approximate surface area is 167 Å². The fraction of sp³-hybridized carbons (Fsp3) is 0.579. The monoisotopic (exact) mass is 417 g/mol. The Balaban J connectivity index is 2.04. The molecular formula is C19H26F3N3O4. The van der Waals surface area contributed by atoms with Crippen molar-refractivity contribution in [2.45, 2.75) is 45.4 Å². The maximum absolute atomic E-state index is 13.2. The molecule has 0 saturated carbocycles. The van der Waals surface area contributed by atoms with E-state index in [1.165, 1.54) is 4.90 Å². The number of piperidine rings is 1. The fourth-order valence-electron chi connectivity index (χ4n) is 3.08. The van der Waals surface area contributed by atoms with Crippen LogP contribution in [0.3, 0.4) is 0 Å². The van der Waals surface area contributed by atoms with Crippen molar-refractivity contribution in [3.05, 3.63) is 23.3 Å². The number of benzene rings is 1. The number of nitrogens with two attached hydrogens (primary N) is 1. The van der Waals surface area contributed by atoms with Crippen molar-refractivity contribution < 1.29 is 32.6 Å². The predicted octanol–water partition coefficient (Wildman–Crippen LogP) is 3.37. The number of carbonyl (C=O) groups is 2. The third-order valence-electron chi connectivity index (χ3n) is 4.44. The highest BCUT2D eigenvalue weighted by atomic mass is 19.4. The maximum Gasteiger partial charge on any atom is 0.417 e. The molecule has 1 fully saturated rings. The number of amides is 2. The average Bonchev–Trinajstić information content (AvgIpc) is 2.59. The van der Waals surface area contributed by atoms with Crippen LogP contribution in [0.4, 0.5) is 23.7 Å². The molecule has 1 aromatic rings. The van der Waals surface area contributed by atoms with Crippen LogP contribution in [0.5, 0.6) is 5.75 Å². The summed E-state index contributed by atoms with van der Waals surface area (Å²) in [6, 6.07) is 1.25. The predicted molar refractivity (Wildman–Crippen MR) is 100 cm³/mol. The molecule has 1 aliphatic heterocycles. The number of alkyl halides is 3. The smallest absolute Gasteiger partial charge is 0.417 e. The van der Waals surface area contributed by atoms with Crippen molar-refractivity contribution in [2.75, 3.05) is 25.4 Å². The van der Waals surface area contributed by atoms with Gasteiger partial charge in [-0.05, 0) is 51.7 Å². The topological polar surface area (TPSA) is 105 Å². The number of phenolic OH excluding ortho intramolecular Hbond substituents is 1. The number of nitrogens with one attached hydrogen (secondary N) is 1. The normalized spacial score (nSPS) is 17.7. The van der Waals surface area contributed by atoms with Crippen LogP contribution in [-0.4, -0.2) is 47.2 Å². The van der Waals surface area contributed by atoms with E-state index in [2.05, 4.69) is 5.32 Å². The van der Waals surface area contributed by atoms with Gasteiger partial charge >= 0.3 is 12.3 Å². The first-order valence-corrected chi connectivity index (χ1v) is 9.23. The second kappa shape index (κ2) is 8.38. The molecule has 0 aromatic heterocycles. The van der Waals surface area contributed by atoms with Gasteiger partial charge in [0.1, 0.15) is 11.4 Å². The zero-order valence-corrected chi connectivity index (χ0v) is 16.6. The summed E-state index contributed by atoms with van der Waals surface area (Å²) in [4.78, 5) is 26.1. The number of likely N-dealkylation sites (tertiary alicyclic amines) is 1. The van der Waals surface area contributed by atoms with Gasteiger partial charge in [-0.2, -0.15) is 13.2 Å². The molecule has 1 heterocycles. The van der Waals surface area contributed by atoms with E-state index in [-0.39, 0.29) is 18.2 Å². The van der Waals surface area contributed by atoms with Gasteiger partial charge in [-0.15, -0.1) is 0 Å². The summed E-state index contributed by atoms with van der Waals surface area (Å²) in [5.41, 5.74) is 2.58. The van der Waals surface area contributed by atoms with Gasteiger partial charge in [-0.25, -0.2) is 4.79 Å². The highest BCUT2D eigenvalue weighted by molar-refractivity contribution is 5.97. The number of anilines is 1. The quantitative estimate of drug-likeness (QED) is 0.517. The molecule has 2 amide bonds. The number of nitrogen functional groups attached to an aromatic ring is 1. The summed E-state index contributed by atoms with van der Waals surface area (Å²) in [5, 5.41) is 11.9. The standard InChI is InChI=1S/C19H26F3N3O4/c1-18(2,3)29-17(28)25-6-4-5-11(10-25)9-24-16(27)12-7-14(23)15(26)8-13(12)19(20,21)22/h7-8,11,26H,4-6,9-10,23H2,1-3H3,(H,24,27)/t11-/m0/s1. The number of nitrogens with zero attached hydrogens (tertiary/aromatic N) is 1. The lowest BCUT2D eigenvalue weighted by atomic mass is 9.98. The largest absolute Gasteiger partial charge is 0.506 e. The van der Waals surface area contributed by atoms with Crippen molar-refractivity contribution >= 4 is 17.7 Å². The Kier molecular flexibility index (Phi) is 6.54. The zero-order valence-electron chi connectivity index (χ0n) is 16.6. The highest BCUT2D eigenvalue weighted by Crippen LogP contribution is 2.36. The molecule has 0 bridgehead atoms. The van der Waals surface area contributed by atoms with Crippen molar-refractivity contribution in [3.8, 4) is 5.75 Å².